The minimum atomic E-state index is -1.07. The number of anilines is 1. The highest BCUT2D eigenvalue weighted by molar-refractivity contribution is 7.99. The van der Waals surface area contributed by atoms with Gasteiger partial charge in [-0.2, -0.15) is 0 Å². The van der Waals surface area contributed by atoms with Crippen LogP contribution in [0, 0.1) is 18.3 Å². The molecule has 0 radical (unpaired) electrons. The zero-order chi connectivity index (χ0) is 22.2. The normalized spacial score (nSPS) is 29.2. The first-order valence-electron chi connectivity index (χ1n) is 10.6. The number of terminal acetylenes is 1. The summed E-state index contributed by atoms with van der Waals surface area (Å²) in [5.41, 5.74) is 2.25. The number of aromatic nitrogens is 5. The number of benzene rings is 1. The smallest absolute Gasteiger partial charge is 0.192 e. The van der Waals surface area contributed by atoms with Gasteiger partial charge in [-0.15, -0.1) is 11.5 Å². The van der Waals surface area contributed by atoms with Crippen LogP contribution in [-0.4, -0.2) is 70.9 Å². The van der Waals surface area contributed by atoms with Crippen molar-refractivity contribution < 1.29 is 15.3 Å². The Hall–Kier alpha value is -2.71. The summed E-state index contributed by atoms with van der Waals surface area (Å²) in [6.45, 7) is -0.213. The highest BCUT2D eigenvalue weighted by Crippen LogP contribution is 2.43. The van der Waals surface area contributed by atoms with Gasteiger partial charge in [-0.3, -0.25) is 0 Å². The van der Waals surface area contributed by atoms with E-state index in [0.29, 0.717) is 40.2 Å². The molecule has 2 aliphatic carbocycles. The summed E-state index contributed by atoms with van der Waals surface area (Å²) < 4.78 is 1.53. The van der Waals surface area contributed by atoms with E-state index >= 15 is 0 Å². The summed E-state index contributed by atoms with van der Waals surface area (Å²) in [6, 6.07) is 10.0. The van der Waals surface area contributed by atoms with Crippen LogP contribution in [0.2, 0.25) is 0 Å². The number of rotatable bonds is 7. The Labute approximate surface area is 189 Å². The fourth-order valence-electron chi connectivity index (χ4n) is 4.43. The predicted octanol–water partition coefficient (Wildman–Crippen LogP) is 1.19. The van der Waals surface area contributed by atoms with Gasteiger partial charge < -0.3 is 20.6 Å². The van der Waals surface area contributed by atoms with E-state index in [0.717, 1.165) is 6.42 Å². The minimum Gasteiger partial charge on any atom is -0.396 e. The molecule has 166 valence electrons. The Morgan fingerprint density at radius 3 is 2.69 bits per heavy atom. The molecule has 2 saturated carbocycles. The lowest BCUT2D eigenvalue weighted by molar-refractivity contribution is -0.00512. The molecule has 2 aromatic heterocycles. The summed E-state index contributed by atoms with van der Waals surface area (Å²) in [5, 5.41) is 42.8. The monoisotopic (exact) mass is 452 g/mol. The summed E-state index contributed by atoms with van der Waals surface area (Å²) in [6.07, 6.45) is 4.67. The molecule has 4 N–H and O–H groups in total. The lowest BCUT2D eigenvalue weighted by Gasteiger charge is -2.17. The number of nitrogens with one attached hydrogen (secondary N) is 1. The maximum Gasteiger partial charge on any atom is 0.192 e. The molecule has 9 nitrogen and oxygen atoms in total. The van der Waals surface area contributed by atoms with Gasteiger partial charge in [0.25, 0.3) is 0 Å². The Morgan fingerprint density at radius 2 is 1.97 bits per heavy atom. The molecule has 6 atom stereocenters. The van der Waals surface area contributed by atoms with Gasteiger partial charge in [0.2, 0.25) is 0 Å². The standard InChI is InChI=1S/C22H24N6O3S/c1-2-8-32-22-24-20(23-15-10-14(15)12-6-4-3-5-7-12)17-21(25-22)28(27-26-17)16-9-13(11-29)18(30)19(16)31/h1,3-7,13-16,18-19,29-31H,8-11H2,(H,23,24,25). The van der Waals surface area contributed by atoms with Crippen LogP contribution >= 0.6 is 11.8 Å². The van der Waals surface area contributed by atoms with Crippen LogP contribution in [0.4, 0.5) is 5.82 Å². The first-order chi connectivity index (χ1) is 15.6. The number of hydrogen-bond donors (Lipinski definition) is 4. The van der Waals surface area contributed by atoms with Crippen LogP contribution in [0.15, 0.2) is 35.5 Å². The summed E-state index contributed by atoms with van der Waals surface area (Å²) in [7, 11) is 0. The zero-order valence-corrected chi connectivity index (χ0v) is 18.1. The molecule has 6 unspecified atom stereocenters. The molecule has 0 bridgehead atoms. The molecular weight excluding hydrogens is 428 g/mol. The first-order valence-corrected chi connectivity index (χ1v) is 11.6. The number of fused-ring (bicyclic) bond motifs is 1. The van der Waals surface area contributed by atoms with E-state index < -0.39 is 24.2 Å². The van der Waals surface area contributed by atoms with Crippen LogP contribution in [0.1, 0.15) is 30.4 Å². The van der Waals surface area contributed by atoms with Gasteiger partial charge in [0.1, 0.15) is 6.10 Å². The van der Waals surface area contributed by atoms with E-state index in [1.807, 2.05) is 18.2 Å². The molecule has 5 rings (SSSR count). The van der Waals surface area contributed by atoms with E-state index in [4.69, 9.17) is 6.42 Å². The van der Waals surface area contributed by atoms with Gasteiger partial charge in [0, 0.05) is 24.5 Å². The van der Waals surface area contributed by atoms with Crippen molar-refractivity contribution in [1.29, 1.82) is 0 Å². The zero-order valence-electron chi connectivity index (χ0n) is 17.2. The number of aliphatic hydroxyl groups is 3. The van der Waals surface area contributed by atoms with Crippen LogP contribution in [-0.2, 0) is 0 Å². The Balaban J connectivity index is 1.47. The van der Waals surface area contributed by atoms with Crippen LogP contribution in [0.25, 0.3) is 11.2 Å². The highest BCUT2D eigenvalue weighted by Gasteiger charge is 2.44. The molecule has 3 aromatic rings. The third kappa shape index (κ3) is 3.82. The maximum atomic E-state index is 10.5. The fourth-order valence-corrected chi connectivity index (χ4v) is 4.95. The maximum absolute atomic E-state index is 10.5. The molecule has 10 heteroatoms. The quantitative estimate of drug-likeness (QED) is 0.237. The second kappa shape index (κ2) is 8.67. The molecule has 0 saturated heterocycles. The van der Waals surface area contributed by atoms with Crippen molar-refractivity contribution in [1.82, 2.24) is 25.0 Å². The number of thioether (sulfide) groups is 1. The van der Waals surface area contributed by atoms with E-state index in [9.17, 15) is 15.3 Å². The average molecular weight is 453 g/mol. The highest BCUT2D eigenvalue weighted by atomic mass is 32.2. The molecule has 32 heavy (non-hydrogen) atoms. The predicted molar refractivity (Wildman–Crippen MR) is 120 cm³/mol. The van der Waals surface area contributed by atoms with E-state index in [1.54, 1.807) is 0 Å². The van der Waals surface area contributed by atoms with Crippen molar-refractivity contribution in [3.8, 4) is 12.3 Å². The van der Waals surface area contributed by atoms with Crippen LogP contribution in [0.3, 0.4) is 0 Å². The van der Waals surface area contributed by atoms with Crippen LogP contribution in [0.5, 0.6) is 0 Å². The number of hydrogen-bond acceptors (Lipinski definition) is 9. The summed E-state index contributed by atoms with van der Waals surface area (Å²) in [4.78, 5) is 9.22. The Morgan fingerprint density at radius 1 is 1.16 bits per heavy atom. The number of aliphatic hydroxyl groups excluding tert-OH is 3. The Bertz CT molecular complexity index is 1150. The van der Waals surface area contributed by atoms with E-state index in [-0.39, 0.29) is 12.6 Å². The SMILES string of the molecule is C#CCSc1nc(NC2CC2c2ccccc2)c2nnn(C3CC(CO)C(O)C3O)c2n1. The van der Waals surface area contributed by atoms with Gasteiger partial charge >= 0.3 is 0 Å². The van der Waals surface area contributed by atoms with Gasteiger partial charge in [-0.25, -0.2) is 14.6 Å². The minimum absolute atomic E-state index is 0.213. The topological polar surface area (TPSA) is 129 Å². The molecule has 2 heterocycles. The van der Waals surface area contributed by atoms with Crippen molar-refractivity contribution >= 4 is 28.7 Å². The molecule has 0 aliphatic heterocycles. The van der Waals surface area contributed by atoms with E-state index in [2.05, 4.69) is 43.6 Å². The molecular formula is C22H24N6O3S. The van der Waals surface area contributed by atoms with Crippen LogP contribution < -0.4 is 5.32 Å². The molecule has 1 aromatic carbocycles. The Kier molecular flexibility index (Phi) is 5.73. The van der Waals surface area contributed by atoms with Gasteiger partial charge in [0.15, 0.2) is 22.1 Å². The summed E-state index contributed by atoms with van der Waals surface area (Å²) in [5.74, 6) is 3.54. The molecule has 2 aliphatic rings. The second-order valence-corrected chi connectivity index (χ2v) is 9.23. The van der Waals surface area contributed by atoms with E-state index in [1.165, 1.54) is 22.0 Å². The van der Waals surface area contributed by atoms with Crippen molar-refractivity contribution in [3.05, 3.63) is 35.9 Å². The van der Waals surface area contributed by atoms with Crippen molar-refractivity contribution in [3.63, 3.8) is 0 Å². The number of nitrogens with zero attached hydrogens (tertiary/aromatic N) is 5. The van der Waals surface area contributed by atoms with Crippen molar-refractivity contribution in [2.45, 2.75) is 48.2 Å². The van der Waals surface area contributed by atoms with Gasteiger partial charge in [-0.05, 0) is 18.4 Å². The lowest BCUT2D eigenvalue weighted by Crippen LogP contribution is -2.30. The molecule has 0 spiro atoms. The van der Waals surface area contributed by atoms with Gasteiger partial charge in [0.05, 0.1) is 17.9 Å². The lowest BCUT2D eigenvalue weighted by atomic mass is 10.1. The van der Waals surface area contributed by atoms with Crippen molar-refractivity contribution in [2.75, 3.05) is 17.7 Å². The largest absolute Gasteiger partial charge is 0.396 e. The second-order valence-electron chi connectivity index (χ2n) is 8.28. The third-order valence-corrected chi connectivity index (χ3v) is 7.00. The third-order valence-electron chi connectivity index (χ3n) is 6.25. The first kappa shape index (κ1) is 21.2. The summed E-state index contributed by atoms with van der Waals surface area (Å²) >= 11 is 1.34. The fraction of sp³-hybridized carbons (Fsp3) is 0.455. The molecule has 0 amide bonds. The molecule has 2 fully saturated rings. The van der Waals surface area contributed by atoms with Gasteiger partial charge in [-0.1, -0.05) is 53.2 Å². The van der Waals surface area contributed by atoms with Crippen molar-refractivity contribution in [2.24, 2.45) is 5.92 Å². The average Bonchev–Trinajstić information content (AvgIpc) is 3.36.